The fourth-order valence-corrected chi connectivity index (χ4v) is 3.26. The van der Waals surface area contributed by atoms with Crippen LogP contribution in [0.2, 0.25) is 0 Å². The molecule has 1 unspecified atom stereocenters. The van der Waals surface area contributed by atoms with Crippen LogP contribution in [0, 0.1) is 0 Å². The molecule has 4 rings (SSSR count). The number of carbonyl (C=O) groups excluding carboxylic acids is 1. The van der Waals surface area contributed by atoms with Gasteiger partial charge in [-0.2, -0.15) is 0 Å². The Balaban J connectivity index is 1.76. The lowest BCUT2D eigenvalue weighted by Gasteiger charge is -2.24. The molecule has 1 aliphatic rings. The lowest BCUT2D eigenvalue weighted by Crippen LogP contribution is -2.42. The predicted octanol–water partition coefficient (Wildman–Crippen LogP) is 1.64. The molecule has 0 radical (unpaired) electrons. The van der Waals surface area contributed by atoms with Crippen molar-refractivity contribution in [1.29, 1.82) is 0 Å². The molecule has 0 saturated carbocycles. The number of piperidine rings is 1. The molecular weight excluding hydrogens is 358 g/mol. The van der Waals surface area contributed by atoms with E-state index in [1.165, 1.54) is 0 Å². The van der Waals surface area contributed by atoms with Gasteiger partial charge in [-0.05, 0) is 30.9 Å². The molecule has 0 aromatic carbocycles. The third-order valence-electron chi connectivity index (χ3n) is 4.73. The Kier molecular flexibility index (Phi) is 4.88. The van der Waals surface area contributed by atoms with Gasteiger partial charge in [0.1, 0.15) is 17.5 Å². The van der Waals surface area contributed by atoms with Crippen molar-refractivity contribution in [3.63, 3.8) is 0 Å². The van der Waals surface area contributed by atoms with Gasteiger partial charge in [-0.3, -0.25) is 14.6 Å². The summed E-state index contributed by atoms with van der Waals surface area (Å²) in [7, 11) is 0. The second-order valence-electron chi connectivity index (χ2n) is 6.63. The third kappa shape index (κ3) is 3.64. The van der Waals surface area contributed by atoms with E-state index in [0.717, 1.165) is 5.39 Å². The van der Waals surface area contributed by atoms with E-state index in [1.54, 1.807) is 29.4 Å². The van der Waals surface area contributed by atoms with Crippen molar-refractivity contribution in [3.05, 3.63) is 47.3 Å². The summed E-state index contributed by atoms with van der Waals surface area (Å²) in [6.45, 7) is 3.00. The van der Waals surface area contributed by atoms with Crippen molar-refractivity contribution in [3.8, 4) is 0 Å². The molecule has 1 saturated heterocycles. The van der Waals surface area contributed by atoms with Gasteiger partial charge in [-0.15, -0.1) is 0 Å². The van der Waals surface area contributed by atoms with Gasteiger partial charge in [0.15, 0.2) is 0 Å². The van der Waals surface area contributed by atoms with Gasteiger partial charge in [0, 0.05) is 44.1 Å². The summed E-state index contributed by atoms with van der Waals surface area (Å²) in [6, 6.07) is 3.73. The van der Waals surface area contributed by atoms with Crippen LogP contribution in [0.5, 0.6) is 0 Å². The van der Waals surface area contributed by atoms with Gasteiger partial charge < -0.3 is 20.5 Å². The Morgan fingerprint density at radius 3 is 2.89 bits per heavy atom. The van der Waals surface area contributed by atoms with Crippen molar-refractivity contribution in [2.24, 2.45) is 0 Å². The topological polar surface area (TPSA) is 114 Å². The minimum atomic E-state index is -0.0964. The number of anilines is 3. The SMILES string of the molecule is CCn1ccc2cc(Nc3cnccn3)nc(NC3CCC(=O)NC3)c2c1=O. The molecule has 9 heteroatoms. The van der Waals surface area contributed by atoms with Crippen LogP contribution in [0.1, 0.15) is 19.8 Å². The maximum Gasteiger partial charge on any atom is 0.262 e. The number of nitrogens with one attached hydrogen (secondary N) is 3. The van der Waals surface area contributed by atoms with Crippen LogP contribution in [0.3, 0.4) is 0 Å². The van der Waals surface area contributed by atoms with Gasteiger partial charge in [0.2, 0.25) is 5.91 Å². The number of aromatic nitrogens is 4. The molecule has 3 N–H and O–H groups in total. The normalized spacial score (nSPS) is 16.6. The second kappa shape index (κ2) is 7.63. The number of carbonyl (C=O) groups is 1. The summed E-state index contributed by atoms with van der Waals surface area (Å²) in [5.74, 6) is 1.66. The van der Waals surface area contributed by atoms with Crippen molar-refractivity contribution in [1.82, 2.24) is 24.8 Å². The Hall–Kier alpha value is -3.49. The highest BCUT2D eigenvalue weighted by molar-refractivity contribution is 5.93. The highest BCUT2D eigenvalue weighted by Gasteiger charge is 2.20. The number of pyridine rings is 2. The van der Waals surface area contributed by atoms with Crippen LogP contribution in [0.25, 0.3) is 10.8 Å². The molecule has 28 heavy (non-hydrogen) atoms. The summed E-state index contributed by atoms with van der Waals surface area (Å²) in [4.78, 5) is 37.2. The van der Waals surface area contributed by atoms with E-state index in [-0.39, 0.29) is 17.5 Å². The van der Waals surface area contributed by atoms with E-state index in [0.29, 0.717) is 48.8 Å². The fourth-order valence-electron chi connectivity index (χ4n) is 3.26. The molecule has 0 spiro atoms. The molecule has 0 bridgehead atoms. The number of rotatable bonds is 5. The molecular formula is C19H21N7O2. The Morgan fingerprint density at radius 1 is 1.29 bits per heavy atom. The highest BCUT2D eigenvalue weighted by Crippen LogP contribution is 2.25. The van der Waals surface area contributed by atoms with Crippen LogP contribution in [0.4, 0.5) is 17.5 Å². The van der Waals surface area contributed by atoms with E-state index < -0.39 is 0 Å². The quantitative estimate of drug-likeness (QED) is 0.617. The third-order valence-corrected chi connectivity index (χ3v) is 4.73. The highest BCUT2D eigenvalue weighted by atomic mass is 16.1. The molecule has 3 aromatic rings. The van der Waals surface area contributed by atoms with Gasteiger partial charge in [-0.25, -0.2) is 9.97 Å². The molecule has 3 aromatic heterocycles. The van der Waals surface area contributed by atoms with Crippen LogP contribution >= 0.6 is 0 Å². The number of hydrogen-bond donors (Lipinski definition) is 3. The van der Waals surface area contributed by atoms with Crippen LogP contribution in [-0.2, 0) is 11.3 Å². The lowest BCUT2D eigenvalue weighted by molar-refractivity contribution is -0.122. The van der Waals surface area contributed by atoms with Crippen molar-refractivity contribution in [2.45, 2.75) is 32.4 Å². The van der Waals surface area contributed by atoms with Gasteiger partial charge >= 0.3 is 0 Å². The van der Waals surface area contributed by atoms with E-state index in [4.69, 9.17) is 0 Å². The molecule has 144 valence electrons. The van der Waals surface area contributed by atoms with E-state index in [2.05, 4.69) is 30.9 Å². The Morgan fingerprint density at radius 2 is 2.18 bits per heavy atom. The molecule has 4 heterocycles. The Bertz CT molecular complexity index is 1060. The molecule has 0 aliphatic carbocycles. The van der Waals surface area contributed by atoms with E-state index >= 15 is 0 Å². The van der Waals surface area contributed by atoms with E-state index in [1.807, 2.05) is 19.1 Å². The van der Waals surface area contributed by atoms with Gasteiger partial charge in [-0.1, -0.05) is 0 Å². The number of fused-ring (bicyclic) bond motifs is 1. The molecule has 1 aliphatic heterocycles. The van der Waals surface area contributed by atoms with Crippen LogP contribution < -0.4 is 21.5 Å². The van der Waals surface area contributed by atoms with E-state index in [9.17, 15) is 9.59 Å². The summed E-state index contributed by atoms with van der Waals surface area (Å²) < 4.78 is 1.65. The smallest absolute Gasteiger partial charge is 0.262 e. The van der Waals surface area contributed by atoms with Crippen molar-refractivity contribution < 1.29 is 4.79 Å². The summed E-state index contributed by atoms with van der Waals surface area (Å²) in [5.41, 5.74) is -0.0964. The molecule has 9 nitrogen and oxygen atoms in total. The average Bonchev–Trinajstić information content (AvgIpc) is 2.70. The lowest BCUT2D eigenvalue weighted by atomic mass is 10.1. The minimum absolute atomic E-state index is 0.00912. The number of nitrogens with zero attached hydrogens (tertiary/aromatic N) is 4. The van der Waals surface area contributed by atoms with Gasteiger partial charge in [0.05, 0.1) is 11.6 Å². The summed E-state index contributed by atoms with van der Waals surface area (Å²) in [6.07, 6.45) is 7.70. The maximum atomic E-state index is 12.9. The molecule has 1 fully saturated rings. The van der Waals surface area contributed by atoms with Crippen molar-refractivity contribution >= 4 is 34.1 Å². The molecule has 1 atom stereocenters. The number of aryl methyl sites for hydroxylation is 1. The summed E-state index contributed by atoms with van der Waals surface area (Å²) in [5, 5.41) is 10.6. The first kappa shape index (κ1) is 17.9. The van der Waals surface area contributed by atoms with Crippen LogP contribution in [0.15, 0.2) is 41.7 Å². The fraction of sp³-hybridized carbons (Fsp3) is 0.316. The first-order valence-electron chi connectivity index (χ1n) is 9.24. The first-order chi connectivity index (χ1) is 13.6. The number of amides is 1. The second-order valence-corrected chi connectivity index (χ2v) is 6.63. The zero-order valence-corrected chi connectivity index (χ0v) is 15.5. The summed E-state index contributed by atoms with van der Waals surface area (Å²) >= 11 is 0. The predicted molar refractivity (Wildman–Crippen MR) is 107 cm³/mol. The Labute approximate surface area is 161 Å². The largest absolute Gasteiger partial charge is 0.365 e. The monoisotopic (exact) mass is 379 g/mol. The average molecular weight is 379 g/mol. The zero-order valence-electron chi connectivity index (χ0n) is 15.5. The standard InChI is InChI=1S/C19H21N7O2/c1-2-26-8-5-12-9-14(24-15-11-20-6-7-21-15)25-18(17(12)19(26)28)23-13-3-4-16(27)22-10-13/h5-9,11,13H,2-4,10H2,1H3,(H,22,27)(H2,21,23,24,25). The first-order valence-corrected chi connectivity index (χ1v) is 9.24. The number of hydrogen-bond acceptors (Lipinski definition) is 7. The zero-order chi connectivity index (χ0) is 19.5. The van der Waals surface area contributed by atoms with Crippen LogP contribution in [-0.4, -0.2) is 38.0 Å². The minimum Gasteiger partial charge on any atom is -0.365 e. The molecule has 1 amide bonds. The van der Waals surface area contributed by atoms with Crippen molar-refractivity contribution in [2.75, 3.05) is 17.2 Å². The maximum absolute atomic E-state index is 12.9. The van der Waals surface area contributed by atoms with Gasteiger partial charge in [0.25, 0.3) is 5.56 Å².